The molecule has 1 aromatic heterocycles. The van der Waals surface area contributed by atoms with Gasteiger partial charge in [-0.1, -0.05) is 0 Å². The summed E-state index contributed by atoms with van der Waals surface area (Å²) in [6, 6.07) is 4.06. The third-order valence-corrected chi connectivity index (χ3v) is 2.97. The molecule has 0 aliphatic rings. The Kier molecular flexibility index (Phi) is 3.80. The third-order valence-electron chi connectivity index (χ3n) is 2.97. The maximum atomic E-state index is 13.2. The normalized spacial score (nSPS) is 12.5. The second kappa shape index (κ2) is 5.36. The van der Waals surface area contributed by atoms with Crippen LogP contribution in [0, 0.1) is 12.7 Å². The second-order valence-electron chi connectivity index (χ2n) is 4.37. The molecular weight excluding hydrogens is 249 g/mol. The van der Waals surface area contributed by atoms with Crippen molar-refractivity contribution in [2.24, 2.45) is 7.05 Å². The third kappa shape index (κ3) is 2.90. The Morgan fingerprint density at radius 2 is 2.16 bits per heavy atom. The van der Waals surface area contributed by atoms with Gasteiger partial charge in [-0.05, 0) is 26.0 Å². The minimum atomic E-state index is -0.725. The lowest BCUT2D eigenvalue weighted by atomic mass is 10.1. The summed E-state index contributed by atoms with van der Waals surface area (Å²) in [7, 11) is 1.83. The lowest BCUT2D eigenvalue weighted by Crippen LogP contribution is -2.06. The van der Waals surface area contributed by atoms with Gasteiger partial charge in [-0.3, -0.25) is 0 Å². The van der Waals surface area contributed by atoms with Crippen LogP contribution in [0.15, 0.2) is 18.2 Å². The fourth-order valence-corrected chi connectivity index (χ4v) is 1.70. The van der Waals surface area contributed by atoms with E-state index in [2.05, 4.69) is 10.2 Å². The van der Waals surface area contributed by atoms with Gasteiger partial charge in [0.15, 0.2) is 5.82 Å². The fourth-order valence-electron chi connectivity index (χ4n) is 1.70. The molecule has 6 heteroatoms. The van der Waals surface area contributed by atoms with E-state index in [1.165, 1.54) is 18.2 Å². The molecule has 0 bridgehead atoms. The number of aromatic nitrogens is 3. The van der Waals surface area contributed by atoms with E-state index in [1.54, 1.807) is 11.5 Å². The van der Waals surface area contributed by atoms with Gasteiger partial charge in [-0.2, -0.15) is 0 Å². The molecule has 5 nitrogen and oxygen atoms in total. The molecule has 1 N–H and O–H groups in total. The van der Waals surface area contributed by atoms with Gasteiger partial charge in [0.1, 0.15) is 24.0 Å². The zero-order valence-corrected chi connectivity index (χ0v) is 11.1. The summed E-state index contributed by atoms with van der Waals surface area (Å²) in [6.07, 6.45) is -0.725. The van der Waals surface area contributed by atoms with Gasteiger partial charge in [-0.15, -0.1) is 10.2 Å². The van der Waals surface area contributed by atoms with Crippen molar-refractivity contribution >= 4 is 0 Å². The summed E-state index contributed by atoms with van der Waals surface area (Å²) in [5, 5.41) is 17.5. The molecule has 1 aromatic carbocycles. The van der Waals surface area contributed by atoms with Crippen LogP contribution in [-0.4, -0.2) is 19.9 Å². The number of ether oxygens (including phenoxy) is 1. The van der Waals surface area contributed by atoms with E-state index >= 15 is 0 Å². The van der Waals surface area contributed by atoms with Gasteiger partial charge in [0.05, 0.1) is 6.10 Å². The highest BCUT2D eigenvalue weighted by Crippen LogP contribution is 2.26. The predicted molar refractivity (Wildman–Crippen MR) is 67.1 cm³/mol. The van der Waals surface area contributed by atoms with E-state index in [-0.39, 0.29) is 6.61 Å². The van der Waals surface area contributed by atoms with Gasteiger partial charge in [0, 0.05) is 18.7 Å². The molecule has 0 saturated carbocycles. The summed E-state index contributed by atoms with van der Waals surface area (Å²) in [4.78, 5) is 0. The van der Waals surface area contributed by atoms with Crippen LogP contribution in [0.5, 0.6) is 5.75 Å². The van der Waals surface area contributed by atoms with Gasteiger partial charge in [0.2, 0.25) is 0 Å². The molecule has 0 aliphatic carbocycles. The first-order chi connectivity index (χ1) is 8.99. The molecule has 1 heterocycles. The van der Waals surface area contributed by atoms with E-state index in [0.717, 1.165) is 5.82 Å². The number of rotatable bonds is 4. The quantitative estimate of drug-likeness (QED) is 0.917. The smallest absolute Gasteiger partial charge is 0.170 e. The van der Waals surface area contributed by atoms with Crippen molar-refractivity contribution in [1.29, 1.82) is 0 Å². The van der Waals surface area contributed by atoms with Crippen LogP contribution in [0.4, 0.5) is 4.39 Å². The van der Waals surface area contributed by atoms with Crippen molar-refractivity contribution in [1.82, 2.24) is 14.8 Å². The Bertz CT molecular complexity index is 581. The molecule has 0 fully saturated rings. The van der Waals surface area contributed by atoms with Gasteiger partial charge < -0.3 is 14.4 Å². The monoisotopic (exact) mass is 265 g/mol. The van der Waals surface area contributed by atoms with Crippen molar-refractivity contribution in [3.8, 4) is 5.75 Å². The highest BCUT2D eigenvalue weighted by molar-refractivity contribution is 5.35. The van der Waals surface area contributed by atoms with Crippen LogP contribution in [-0.2, 0) is 13.7 Å². The van der Waals surface area contributed by atoms with E-state index in [1.807, 2.05) is 14.0 Å². The largest absolute Gasteiger partial charge is 0.485 e. The molecule has 2 aromatic rings. The SMILES string of the molecule is Cc1nnc(COc2cc(F)ccc2[C@H](C)O)n1C. The number of aryl methyl sites for hydroxylation is 1. The number of halogens is 1. The maximum Gasteiger partial charge on any atom is 0.170 e. The maximum absolute atomic E-state index is 13.2. The first kappa shape index (κ1) is 13.5. The highest BCUT2D eigenvalue weighted by Gasteiger charge is 2.12. The first-order valence-electron chi connectivity index (χ1n) is 5.94. The van der Waals surface area contributed by atoms with Crippen molar-refractivity contribution in [2.45, 2.75) is 26.6 Å². The number of aliphatic hydroxyl groups is 1. The van der Waals surface area contributed by atoms with E-state index in [4.69, 9.17) is 4.74 Å². The minimum Gasteiger partial charge on any atom is -0.485 e. The van der Waals surface area contributed by atoms with Gasteiger partial charge in [0.25, 0.3) is 0 Å². The molecule has 2 rings (SSSR count). The van der Waals surface area contributed by atoms with Crippen molar-refractivity contribution in [3.63, 3.8) is 0 Å². The van der Waals surface area contributed by atoms with Crippen molar-refractivity contribution in [2.75, 3.05) is 0 Å². The fraction of sp³-hybridized carbons (Fsp3) is 0.385. The highest BCUT2D eigenvalue weighted by atomic mass is 19.1. The van der Waals surface area contributed by atoms with E-state index in [0.29, 0.717) is 17.1 Å². The van der Waals surface area contributed by atoms with Crippen molar-refractivity contribution in [3.05, 3.63) is 41.2 Å². The van der Waals surface area contributed by atoms with Crippen LogP contribution in [0.25, 0.3) is 0 Å². The summed E-state index contributed by atoms with van der Waals surface area (Å²) >= 11 is 0. The van der Waals surface area contributed by atoms with E-state index in [9.17, 15) is 9.50 Å². The Hall–Kier alpha value is -1.95. The van der Waals surface area contributed by atoms with Crippen LogP contribution in [0.2, 0.25) is 0 Å². The van der Waals surface area contributed by atoms with Gasteiger partial charge >= 0.3 is 0 Å². The van der Waals surface area contributed by atoms with Gasteiger partial charge in [-0.25, -0.2) is 4.39 Å². The zero-order chi connectivity index (χ0) is 14.0. The molecular formula is C13H16FN3O2. The standard InChI is InChI=1S/C13H16FN3O2/c1-8(18)11-5-4-10(14)6-12(11)19-7-13-16-15-9(2)17(13)3/h4-6,8,18H,7H2,1-3H3/t8-/m0/s1. The van der Waals surface area contributed by atoms with Crippen LogP contribution < -0.4 is 4.74 Å². The molecule has 102 valence electrons. The summed E-state index contributed by atoms with van der Waals surface area (Å²) < 4.78 is 20.6. The Morgan fingerprint density at radius 1 is 1.42 bits per heavy atom. The van der Waals surface area contributed by atoms with Crippen molar-refractivity contribution < 1.29 is 14.2 Å². The molecule has 19 heavy (non-hydrogen) atoms. The summed E-state index contributed by atoms with van der Waals surface area (Å²) in [5.41, 5.74) is 0.542. The first-order valence-corrected chi connectivity index (χ1v) is 5.94. The molecule has 0 unspecified atom stereocenters. The number of aliphatic hydroxyl groups excluding tert-OH is 1. The average Bonchev–Trinajstić information content (AvgIpc) is 2.67. The lowest BCUT2D eigenvalue weighted by Gasteiger charge is -2.13. The van der Waals surface area contributed by atoms with Crippen LogP contribution in [0.1, 0.15) is 30.2 Å². The minimum absolute atomic E-state index is 0.167. The number of nitrogens with zero attached hydrogens (tertiary/aromatic N) is 3. The number of hydrogen-bond acceptors (Lipinski definition) is 4. The molecule has 0 spiro atoms. The van der Waals surface area contributed by atoms with Crippen LogP contribution in [0.3, 0.4) is 0 Å². The number of benzene rings is 1. The molecule has 0 saturated heterocycles. The number of hydrogen-bond donors (Lipinski definition) is 1. The molecule has 0 amide bonds. The molecule has 0 aliphatic heterocycles. The van der Waals surface area contributed by atoms with E-state index < -0.39 is 11.9 Å². The summed E-state index contributed by atoms with van der Waals surface area (Å²) in [6.45, 7) is 3.60. The lowest BCUT2D eigenvalue weighted by molar-refractivity contribution is 0.189. The summed E-state index contributed by atoms with van der Waals surface area (Å²) in [5.74, 6) is 1.32. The Balaban J connectivity index is 2.19. The van der Waals surface area contributed by atoms with Crippen LogP contribution >= 0.6 is 0 Å². The Labute approximate surface area is 110 Å². The predicted octanol–water partition coefficient (Wildman–Crippen LogP) is 1.89. The second-order valence-corrected chi connectivity index (χ2v) is 4.37. The average molecular weight is 265 g/mol. The zero-order valence-electron chi connectivity index (χ0n) is 11.1. The Morgan fingerprint density at radius 3 is 2.74 bits per heavy atom. The molecule has 1 atom stereocenters. The molecule has 0 radical (unpaired) electrons. The topological polar surface area (TPSA) is 60.2 Å².